The van der Waals surface area contributed by atoms with Crippen molar-refractivity contribution in [2.24, 2.45) is 5.41 Å². The van der Waals surface area contributed by atoms with Crippen molar-refractivity contribution in [3.63, 3.8) is 0 Å². The van der Waals surface area contributed by atoms with Gasteiger partial charge in [-0.2, -0.15) is 0 Å². The predicted octanol–water partition coefficient (Wildman–Crippen LogP) is 5.03. The van der Waals surface area contributed by atoms with Crippen LogP contribution in [0.3, 0.4) is 0 Å². The van der Waals surface area contributed by atoms with Gasteiger partial charge in [0.25, 0.3) is 5.91 Å². The summed E-state index contributed by atoms with van der Waals surface area (Å²) in [5.41, 5.74) is 0.623. The standard InChI is InChI=1S/C14H18Br2ClNO/c1-3-14(4-2,8-15)9-18-13(19)11-6-5-10(16)7-12(11)17/h5-7H,3-4,8-9H2,1-2H3,(H,18,19). The molecule has 0 heterocycles. The zero-order chi connectivity index (χ0) is 14.5. The Hall–Kier alpha value is -0.0600. The Bertz CT molecular complexity index is 439. The highest BCUT2D eigenvalue weighted by Crippen LogP contribution is 2.28. The summed E-state index contributed by atoms with van der Waals surface area (Å²) >= 11 is 12.9. The molecule has 1 aromatic rings. The molecule has 0 aliphatic rings. The number of nitrogens with one attached hydrogen (secondary N) is 1. The summed E-state index contributed by atoms with van der Waals surface area (Å²) in [5, 5.41) is 4.32. The lowest BCUT2D eigenvalue weighted by molar-refractivity contribution is 0.0932. The molecule has 1 N–H and O–H groups in total. The van der Waals surface area contributed by atoms with E-state index in [1.54, 1.807) is 12.1 Å². The van der Waals surface area contributed by atoms with E-state index in [0.717, 1.165) is 22.6 Å². The molecule has 0 saturated carbocycles. The number of rotatable bonds is 6. The number of benzene rings is 1. The molecule has 0 aliphatic carbocycles. The molecular weight excluding hydrogens is 393 g/mol. The summed E-state index contributed by atoms with van der Waals surface area (Å²) in [5.74, 6) is -0.121. The van der Waals surface area contributed by atoms with Crippen LogP contribution in [0.1, 0.15) is 37.0 Å². The molecule has 1 amide bonds. The van der Waals surface area contributed by atoms with Gasteiger partial charge in [0.1, 0.15) is 0 Å². The van der Waals surface area contributed by atoms with Gasteiger partial charge < -0.3 is 5.32 Å². The molecule has 5 heteroatoms. The fourth-order valence-electron chi connectivity index (χ4n) is 1.77. The summed E-state index contributed by atoms with van der Waals surface area (Å²) in [4.78, 5) is 12.1. The summed E-state index contributed by atoms with van der Waals surface area (Å²) in [6, 6.07) is 5.28. The van der Waals surface area contributed by atoms with Gasteiger partial charge in [0.05, 0.1) is 10.6 Å². The van der Waals surface area contributed by atoms with E-state index >= 15 is 0 Å². The number of amides is 1. The highest BCUT2D eigenvalue weighted by atomic mass is 79.9. The summed E-state index contributed by atoms with van der Waals surface area (Å²) in [6.07, 6.45) is 2.03. The molecule has 0 aromatic heterocycles. The maximum atomic E-state index is 12.1. The van der Waals surface area contributed by atoms with Gasteiger partial charge in [-0.15, -0.1) is 0 Å². The van der Waals surface area contributed by atoms with E-state index in [-0.39, 0.29) is 11.3 Å². The maximum Gasteiger partial charge on any atom is 0.252 e. The number of hydrogen-bond acceptors (Lipinski definition) is 1. The monoisotopic (exact) mass is 409 g/mol. The highest BCUT2D eigenvalue weighted by molar-refractivity contribution is 9.10. The zero-order valence-corrected chi connectivity index (χ0v) is 15.0. The van der Waals surface area contributed by atoms with Crippen LogP contribution in [0.2, 0.25) is 5.02 Å². The van der Waals surface area contributed by atoms with Crippen LogP contribution in [0.25, 0.3) is 0 Å². The van der Waals surface area contributed by atoms with Crippen molar-refractivity contribution in [1.82, 2.24) is 5.32 Å². The van der Waals surface area contributed by atoms with Crippen molar-refractivity contribution in [3.05, 3.63) is 33.3 Å². The third kappa shape index (κ3) is 4.47. The lowest BCUT2D eigenvalue weighted by Crippen LogP contribution is -2.38. The van der Waals surface area contributed by atoms with Crippen LogP contribution in [0.5, 0.6) is 0 Å². The first-order valence-corrected chi connectivity index (χ1v) is 8.56. The Labute approximate surface area is 136 Å². The number of carbonyl (C=O) groups is 1. The van der Waals surface area contributed by atoms with Crippen molar-refractivity contribution in [3.8, 4) is 0 Å². The molecule has 1 rings (SSSR count). The van der Waals surface area contributed by atoms with E-state index in [1.165, 1.54) is 0 Å². The Balaban J connectivity index is 2.75. The summed E-state index contributed by atoms with van der Waals surface area (Å²) in [6.45, 7) is 4.93. The van der Waals surface area contributed by atoms with Crippen LogP contribution in [-0.2, 0) is 0 Å². The molecular formula is C14H18Br2ClNO. The van der Waals surface area contributed by atoms with Crippen LogP contribution < -0.4 is 5.32 Å². The van der Waals surface area contributed by atoms with E-state index in [9.17, 15) is 4.79 Å². The van der Waals surface area contributed by atoms with Gasteiger partial charge in [-0.05, 0) is 36.5 Å². The van der Waals surface area contributed by atoms with Crippen molar-refractivity contribution < 1.29 is 4.79 Å². The summed E-state index contributed by atoms with van der Waals surface area (Å²) in [7, 11) is 0. The lowest BCUT2D eigenvalue weighted by Gasteiger charge is -2.29. The quantitative estimate of drug-likeness (QED) is 0.654. The molecule has 2 nitrogen and oxygen atoms in total. The fraction of sp³-hybridized carbons (Fsp3) is 0.500. The van der Waals surface area contributed by atoms with Gasteiger partial charge >= 0.3 is 0 Å². The number of alkyl halides is 1. The number of hydrogen-bond donors (Lipinski definition) is 1. The highest BCUT2D eigenvalue weighted by Gasteiger charge is 2.25. The second-order valence-corrected chi connectivity index (χ2v) is 6.53. The number of carbonyl (C=O) groups excluding carboxylic acids is 1. The maximum absolute atomic E-state index is 12.1. The van der Waals surface area contributed by atoms with Crippen molar-refractivity contribution in [1.29, 1.82) is 0 Å². The van der Waals surface area contributed by atoms with Gasteiger partial charge in [-0.1, -0.05) is 57.3 Å². The minimum absolute atomic E-state index is 0.109. The molecule has 0 bridgehead atoms. The third-order valence-electron chi connectivity index (χ3n) is 3.58. The topological polar surface area (TPSA) is 29.1 Å². The normalized spacial score (nSPS) is 11.4. The largest absolute Gasteiger partial charge is 0.351 e. The van der Waals surface area contributed by atoms with Gasteiger partial charge in [0.2, 0.25) is 0 Å². The second kappa shape index (κ2) is 7.65. The first kappa shape index (κ1) is 17.0. The average molecular weight is 412 g/mol. The van der Waals surface area contributed by atoms with E-state index in [0.29, 0.717) is 17.1 Å². The molecule has 0 fully saturated rings. The predicted molar refractivity (Wildman–Crippen MR) is 88.3 cm³/mol. The molecule has 0 aliphatic heterocycles. The molecule has 106 valence electrons. The Kier molecular flexibility index (Phi) is 6.84. The van der Waals surface area contributed by atoms with E-state index < -0.39 is 0 Å². The summed E-state index contributed by atoms with van der Waals surface area (Å²) < 4.78 is 0.867. The van der Waals surface area contributed by atoms with Crippen LogP contribution in [-0.4, -0.2) is 17.8 Å². The fourth-order valence-corrected chi connectivity index (χ4v) is 3.52. The molecule has 19 heavy (non-hydrogen) atoms. The average Bonchev–Trinajstić information content (AvgIpc) is 2.40. The van der Waals surface area contributed by atoms with Gasteiger partial charge in [-0.3, -0.25) is 4.79 Å². The van der Waals surface area contributed by atoms with Crippen LogP contribution in [0, 0.1) is 5.41 Å². The Morgan fingerprint density at radius 2 is 2.00 bits per heavy atom. The molecule has 0 spiro atoms. The minimum atomic E-state index is -0.121. The Morgan fingerprint density at radius 1 is 1.37 bits per heavy atom. The van der Waals surface area contributed by atoms with E-state index in [2.05, 4.69) is 51.0 Å². The van der Waals surface area contributed by atoms with E-state index in [4.69, 9.17) is 11.6 Å². The van der Waals surface area contributed by atoms with Gasteiger partial charge in [-0.25, -0.2) is 0 Å². The first-order chi connectivity index (χ1) is 8.98. The van der Waals surface area contributed by atoms with Crippen LogP contribution in [0.15, 0.2) is 22.7 Å². The van der Waals surface area contributed by atoms with E-state index in [1.807, 2.05) is 6.07 Å². The van der Waals surface area contributed by atoms with Gasteiger partial charge in [0.15, 0.2) is 0 Å². The molecule has 0 atom stereocenters. The first-order valence-electron chi connectivity index (χ1n) is 6.27. The Morgan fingerprint density at radius 3 is 2.47 bits per heavy atom. The zero-order valence-electron chi connectivity index (χ0n) is 11.1. The van der Waals surface area contributed by atoms with Crippen LogP contribution in [0.4, 0.5) is 0 Å². The van der Waals surface area contributed by atoms with Crippen molar-refractivity contribution in [2.45, 2.75) is 26.7 Å². The molecule has 1 aromatic carbocycles. The van der Waals surface area contributed by atoms with Crippen molar-refractivity contribution in [2.75, 3.05) is 11.9 Å². The van der Waals surface area contributed by atoms with Crippen LogP contribution >= 0.6 is 43.5 Å². The SMILES string of the molecule is CCC(CC)(CBr)CNC(=O)c1ccc(Br)cc1Cl. The number of halogens is 3. The minimum Gasteiger partial charge on any atom is -0.351 e. The van der Waals surface area contributed by atoms with Gasteiger partial charge in [0, 0.05) is 16.3 Å². The smallest absolute Gasteiger partial charge is 0.252 e. The lowest BCUT2D eigenvalue weighted by atomic mass is 9.84. The van der Waals surface area contributed by atoms with Crippen molar-refractivity contribution >= 4 is 49.4 Å². The molecule has 0 saturated heterocycles. The molecule has 0 radical (unpaired) electrons. The third-order valence-corrected chi connectivity index (χ3v) is 5.58. The second-order valence-electron chi connectivity index (χ2n) is 4.65. The molecule has 0 unspecified atom stereocenters.